The third-order valence-corrected chi connectivity index (χ3v) is 5.17. The van der Waals surface area contributed by atoms with Gasteiger partial charge >= 0.3 is 0 Å². The van der Waals surface area contributed by atoms with Crippen molar-refractivity contribution in [2.24, 2.45) is 5.73 Å². The number of hydrogen-bond donors (Lipinski definition) is 1. The summed E-state index contributed by atoms with van der Waals surface area (Å²) < 4.78 is 12.2. The van der Waals surface area contributed by atoms with Crippen molar-refractivity contribution in [3.05, 3.63) is 0 Å². The molecule has 0 aromatic heterocycles. The van der Waals surface area contributed by atoms with Crippen molar-refractivity contribution in [2.75, 3.05) is 13.2 Å². The molecule has 0 radical (unpaired) electrons. The normalized spacial score (nSPS) is 34.2. The van der Waals surface area contributed by atoms with Gasteiger partial charge in [-0.3, -0.25) is 0 Å². The summed E-state index contributed by atoms with van der Waals surface area (Å²) in [6, 6.07) is 0. The van der Waals surface area contributed by atoms with E-state index in [0.29, 0.717) is 6.10 Å². The van der Waals surface area contributed by atoms with Gasteiger partial charge < -0.3 is 15.2 Å². The number of hydrogen-bond acceptors (Lipinski definition) is 3. The molecule has 0 amide bonds. The summed E-state index contributed by atoms with van der Waals surface area (Å²) in [5.74, 6) is 0. The first-order valence-electron chi connectivity index (χ1n) is 7.74. The van der Waals surface area contributed by atoms with E-state index in [4.69, 9.17) is 15.2 Å². The summed E-state index contributed by atoms with van der Waals surface area (Å²) in [7, 11) is 0. The molecule has 3 aliphatic rings. The van der Waals surface area contributed by atoms with Crippen molar-refractivity contribution in [3.8, 4) is 0 Å². The van der Waals surface area contributed by atoms with Gasteiger partial charge in [-0.05, 0) is 32.1 Å². The van der Waals surface area contributed by atoms with E-state index in [-0.39, 0.29) is 11.1 Å². The van der Waals surface area contributed by atoms with Crippen LogP contribution in [0, 0.1) is 0 Å². The molecule has 2 N–H and O–H groups in total. The molecule has 3 heteroatoms. The fourth-order valence-electron chi connectivity index (χ4n) is 4.00. The van der Waals surface area contributed by atoms with Crippen molar-refractivity contribution in [1.82, 2.24) is 0 Å². The Bertz CT molecular complexity index is 280. The lowest BCUT2D eigenvalue weighted by Crippen LogP contribution is -2.46. The molecule has 0 aromatic rings. The minimum absolute atomic E-state index is 0.0266. The largest absolute Gasteiger partial charge is 0.376 e. The zero-order chi connectivity index (χ0) is 12.5. The molecule has 1 aliphatic heterocycles. The Morgan fingerprint density at radius 2 is 1.72 bits per heavy atom. The van der Waals surface area contributed by atoms with E-state index in [1.165, 1.54) is 38.5 Å². The van der Waals surface area contributed by atoms with Crippen LogP contribution < -0.4 is 5.73 Å². The topological polar surface area (TPSA) is 44.5 Å². The quantitative estimate of drug-likeness (QED) is 0.841. The van der Waals surface area contributed by atoms with E-state index in [1.807, 2.05) is 0 Å². The first kappa shape index (κ1) is 12.9. The monoisotopic (exact) mass is 253 g/mol. The molecular formula is C15H27NO2. The molecule has 2 aliphatic carbocycles. The highest BCUT2D eigenvalue weighted by Gasteiger charge is 2.41. The van der Waals surface area contributed by atoms with Gasteiger partial charge in [0.2, 0.25) is 0 Å². The summed E-state index contributed by atoms with van der Waals surface area (Å²) in [5.41, 5.74) is 6.51. The van der Waals surface area contributed by atoms with E-state index >= 15 is 0 Å². The van der Waals surface area contributed by atoms with Gasteiger partial charge in [-0.1, -0.05) is 25.7 Å². The second-order valence-electron chi connectivity index (χ2n) is 6.73. The molecule has 1 atom stereocenters. The van der Waals surface area contributed by atoms with E-state index in [1.54, 1.807) is 0 Å². The maximum absolute atomic E-state index is 6.36. The van der Waals surface area contributed by atoms with E-state index < -0.39 is 0 Å². The minimum atomic E-state index is -0.0266. The third-order valence-electron chi connectivity index (χ3n) is 5.17. The fraction of sp³-hybridized carbons (Fsp3) is 1.00. The first-order chi connectivity index (χ1) is 8.70. The highest BCUT2D eigenvalue weighted by molar-refractivity contribution is 4.93. The van der Waals surface area contributed by atoms with Gasteiger partial charge in [0, 0.05) is 18.6 Å². The second-order valence-corrected chi connectivity index (χ2v) is 6.73. The maximum Gasteiger partial charge on any atom is 0.0707 e. The van der Waals surface area contributed by atoms with Gasteiger partial charge in [-0.2, -0.15) is 0 Å². The molecule has 104 valence electrons. The third kappa shape index (κ3) is 2.73. The van der Waals surface area contributed by atoms with Crippen LogP contribution in [0.3, 0.4) is 0 Å². The Morgan fingerprint density at radius 3 is 2.44 bits per heavy atom. The van der Waals surface area contributed by atoms with Crippen LogP contribution >= 0.6 is 0 Å². The van der Waals surface area contributed by atoms with Crippen molar-refractivity contribution in [3.63, 3.8) is 0 Å². The van der Waals surface area contributed by atoms with Crippen LogP contribution in [0.1, 0.15) is 64.2 Å². The standard InChI is InChI=1S/C15H27NO2/c16-14(6-1-2-7-14)12-17-13-5-10-18-15(11-13)8-3-4-9-15/h13H,1-12,16H2. The molecule has 3 nitrogen and oxygen atoms in total. The van der Waals surface area contributed by atoms with Crippen molar-refractivity contribution < 1.29 is 9.47 Å². The van der Waals surface area contributed by atoms with Crippen LogP contribution in [0.4, 0.5) is 0 Å². The Morgan fingerprint density at radius 1 is 1.06 bits per heavy atom. The molecular weight excluding hydrogens is 226 g/mol. The molecule has 2 saturated carbocycles. The van der Waals surface area contributed by atoms with Gasteiger partial charge in [-0.15, -0.1) is 0 Å². The summed E-state index contributed by atoms with van der Waals surface area (Å²) in [6.45, 7) is 1.63. The minimum Gasteiger partial charge on any atom is -0.376 e. The van der Waals surface area contributed by atoms with Crippen LogP contribution in [0.15, 0.2) is 0 Å². The van der Waals surface area contributed by atoms with Gasteiger partial charge in [0.15, 0.2) is 0 Å². The van der Waals surface area contributed by atoms with E-state index in [2.05, 4.69) is 0 Å². The molecule has 3 fully saturated rings. The molecule has 1 heterocycles. The number of nitrogens with two attached hydrogens (primary N) is 1. The SMILES string of the molecule is NC1(COC2CCOC3(CCCC3)C2)CCCC1. The summed E-state index contributed by atoms with van der Waals surface area (Å²) in [6.07, 6.45) is 12.5. The average molecular weight is 253 g/mol. The van der Waals surface area contributed by atoms with Crippen LogP contribution in [0.2, 0.25) is 0 Å². The average Bonchev–Trinajstić information content (AvgIpc) is 2.98. The zero-order valence-electron chi connectivity index (χ0n) is 11.5. The number of rotatable bonds is 3. The van der Waals surface area contributed by atoms with E-state index in [0.717, 1.165) is 38.9 Å². The summed E-state index contributed by atoms with van der Waals surface area (Å²) in [4.78, 5) is 0. The Labute approximate surface area is 110 Å². The van der Waals surface area contributed by atoms with Gasteiger partial charge in [0.25, 0.3) is 0 Å². The van der Waals surface area contributed by atoms with E-state index in [9.17, 15) is 0 Å². The fourth-order valence-corrected chi connectivity index (χ4v) is 4.00. The van der Waals surface area contributed by atoms with Crippen LogP contribution in [0.5, 0.6) is 0 Å². The van der Waals surface area contributed by atoms with Gasteiger partial charge in [-0.25, -0.2) is 0 Å². The Kier molecular flexibility index (Phi) is 3.65. The lowest BCUT2D eigenvalue weighted by Gasteiger charge is -2.39. The molecule has 0 aromatic carbocycles. The van der Waals surface area contributed by atoms with Gasteiger partial charge in [0.1, 0.15) is 0 Å². The highest BCUT2D eigenvalue weighted by Crippen LogP contribution is 2.41. The lowest BCUT2D eigenvalue weighted by molar-refractivity contribution is -0.135. The lowest BCUT2D eigenvalue weighted by atomic mass is 9.90. The van der Waals surface area contributed by atoms with Crippen molar-refractivity contribution in [2.45, 2.75) is 81.5 Å². The first-order valence-corrected chi connectivity index (χ1v) is 7.74. The smallest absolute Gasteiger partial charge is 0.0707 e. The molecule has 3 rings (SSSR count). The van der Waals surface area contributed by atoms with Crippen LogP contribution in [0.25, 0.3) is 0 Å². The predicted octanol–water partition coefficient (Wildman–Crippen LogP) is 2.77. The summed E-state index contributed by atoms with van der Waals surface area (Å²) >= 11 is 0. The molecule has 18 heavy (non-hydrogen) atoms. The summed E-state index contributed by atoms with van der Waals surface area (Å²) in [5, 5.41) is 0. The van der Waals surface area contributed by atoms with Crippen LogP contribution in [-0.2, 0) is 9.47 Å². The zero-order valence-corrected chi connectivity index (χ0v) is 11.5. The van der Waals surface area contributed by atoms with Crippen molar-refractivity contribution >= 4 is 0 Å². The number of ether oxygens (including phenoxy) is 2. The second kappa shape index (κ2) is 5.10. The van der Waals surface area contributed by atoms with Crippen molar-refractivity contribution in [1.29, 1.82) is 0 Å². The molecule has 0 bridgehead atoms. The predicted molar refractivity (Wildman–Crippen MR) is 71.5 cm³/mol. The Balaban J connectivity index is 1.50. The molecule has 1 spiro atoms. The van der Waals surface area contributed by atoms with Gasteiger partial charge in [0.05, 0.1) is 18.3 Å². The molecule has 1 unspecified atom stereocenters. The Hall–Kier alpha value is -0.120. The molecule has 1 saturated heterocycles. The van der Waals surface area contributed by atoms with Crippen LogP contribution in [-0.4, -0.2) is 30.5 Å². The maximum atomic E-state index is 6.36. The highest BCUT2D eigenvalue weighted by atomic mass is 16.5.